The Labute approximate surface area is 99.8 Å². The zero-order valence-electron chi connectivity index (χ0n) is 9.86. The largest absolute Gasteiger partial charge is 0.463 e. The van der Waals surface area contributed by atoms with Crippen LogP contribution in [0.2, 0.25) is 0 Å². The number of piperidine rings is 1. The van der Waals surface area contributed by atoms with E-state index >= 15 is 0 Å². The van der Waals surface area contributed by atoms with Crippen LogP contribution in [0.4, 0.5) is 0 Å². The summed E-state index contributed by atoms with van der Waals surface area (Å²) in [6, 6.07) is 3.28. The van der Waals surface area contributed by atoms with Crippen LogP contribution >= 0.6 is 0 Å². The van der Waals surface area contributed by atoms with Gasteiger partial charge in [0.05, 0.1) is 12.7 Å². The van der Waals surface area contributed by atoms with Gasteiger partial charge in [-0.05, 0) is 31.5 Å². The Morgan fingerprint density at radius 2 is 2.47 bits per heavy atom. The van der Waals surface area contributed by atoms with E-state index in [1.807, 2.05) is 0 Å². The molecule has 5 heteroatoms. The second kappa shape index (κ2) is 4.89. The first-order chi connectivity index (χ1) is 8.13. The third-order valence-corrected chi connectivity index (χ3v) is 3.00. The van der Waals surface area contributed by atoms with Gasteiger partial charge in [0.15, 0.2) is 0 Å². The van der Waals surface area contributed by atoms with Crippen LogP contribution in [0.25, 0.3) is 0 Å². The molecule has 2 heterocycles. The molecule has 0 radical (unpaired) electrons. The molecule has 1 atom stereocenters. The highest BCUT2D eigenvalue weighted by Crippen LogP contribution is 2.22. The fraction of sp³-hybridized carbons (Fsp3) is 0.583. The highest BCUT2D eigenvalue weighted by Gasteiger charge is 2.30. The zero-order chi connectivity index (χ0) is 12.3. The van der Waals surface area contributed by atoms with Gasteiger partial charge in [-0.1, -0.05) is 0 Å². The van der Waals surface area contributed by atoms with Crippen LogP contribution in [0, 0.1) is 0 Å². The van der Waals surface area contributed by atoms with Crippen molar-refractivity contribution in [1.82, 2.24) is 5.32 Å². The highest BCUT2D eigenvalue weighted by atomic mass is 16.5. The number of ether oxygens (including phenoxy) is 1. The lowest BCUT2D eigenvalue weighted by molar-refractivity contribution is 0.0120. The summed E-state index contributed by atoms with van der Waals surface area (Å²) in [5, 5.41) is 13.4. The summed E-state index contributed by atoms with van der Waals surface area (Å²) in [6.07, 6.45) is 2.10. The molecular formula is C12H17NO4. The number of β-amino-alcohol motifs (C(OH)–C–C–N with tert-alkyl or cyclic N) is 1. The van der Waals surface area contributed by atoms with Gasteiger partial charge in [0.1, 0.15) is 5.76 Å². The first-order valence-electron chi connectivity index (χ1n) is 5.73. The van der Waals surface area contributed by atoms with Gasteiger partial charge < -0.3 is 19.6 Å². The molecular weight excluding hydrogens is 222 g/mol. The van der Waals surface area contributed by atoms with E-state index in [0.29, 0.717) is 18.7 Å². The van der Waals surface area contributed by atoms with Crippen molar-refractivity contribution in [2.24, 2.45) is 0 Å². The van der Waals surface area contributed by atoms with Crippen molar-refractivity contribution < 1.29 is 19.1 Å². The minimum absolute atomic E-state index is 0.176. The molecule has 1 fully saturated rings. The lowest BCUT2D eigenvalue weighted by atomic mass is 9.90. The number of carbonyl (C=O) groups is 1. The number of furan rings is 1. The molecule has 1 aliphatic heterocycles. The maximum absolute atomic E-state index is 11.2. The zero-order valence-corrected chi connectivity index (χ0v) is 9.86. The van der Waals surface area contributed by atoms with Gasteiger partial charge in [-0.2, -0.15) is 0 Å². The fourth-order valence-corrected chi connectivity index (χ4v) is 2.11. The number of esters is 1. The molecule has 1 unspecified atom stereocenters. The van der Waals surface area contributed by atoms with E-state index in [2.05, 4.69) is 10.1 Å². The van der Waals surface area contributed by atoms with E-state index in [1.54, 1.807) is 12.1 Å². The summed E-state index contributed by atoms with van der Waals surface area (Å²) in [6.45, 7) is 1.50. The van der Waals surface area contributed by atoms with Crippen molar-refractivity contribution in [3.8, 4) is 0 Å². The Bertz CT molecular complexity index is 393. The molecule has 0 bridgehead atoms. The maximum Gasteiger partial charge on any atom is 0.373 e. The number of methoxy groups -OCH3 is 1. The van der Waals surface area contributed by atoms with Crippen LogP contribution in [0.5, 0.6) is 0 Å². The molecule has 94 valence electrons. The predicted octanol–water partition coefficient (Wildman–Crippen LogP) is 0.723. The summed E-state index contributed by atoms with van der Waals surface area (Å²) in [7, 11) is 1.31. The van der Waals surface area contributed by atoms with Crippen LogP contribution in [-0.2, 0) is 11.2 Å². The molecule has 5 nitrogen and oxygen atoms in total. The van der Waals surface area contributed by atoms with Crippen molar-refractivity contribution in [1.29, 1.82) is 0 Å². The van der Waals surface area contributed by atoms with Gasteiger partial charge in [0.25, 0.3) is 0 Å². The maximum atomic E-state index is 11.2. The van der Waals surface area contributed by atoms with E-state index in [1.165, 1.54) is 7.11 Å². The third-order valence-electron chi connectivity index (χ3n) is 3.00. The molecule has 1 aliphatic rings. The lowest BCUT2D eigenvalue weighted by Crippen LogP contribution is -2.47. The van der Waals surface area contributed by atoms with Crippen LogP contribution in [-0.4, -0.2) is 36.9 Å². The monoisotopic (exact) mass is 239 g/mol. The molecule has 0 aromatic carbocycles. The van der Waals surface area contributed by atoms with Crippen molar-refractivity contribution in [2.45, 2.75) is 24.9 Å². The van der Waals surface area contributed by atoms with E-state index in [-0.39, 0.29) is 5.76 Å². The Morgan fingerprint density at radius 1 is 1.65 bits per heavy atom. The molecule has 0 saturated carbocycles. The second-order valence-corrected chi connectivity index (χ2v) is 4.44. The standard InChI is InChI=1S/C12H17NO4/c1-16-11(14)10-4-3-9(17-10)7-12(15)5-2-6-13-8-12/h3-4,13,15H,2,5-8H2,1H3. The van der Waals surface area contributed by atoms with Gasteiger partial charge in [0, 0.05) is 13.0 Å². The summed E-state index contributed by atoms with van der Waals surface area (Å²) < 4.78 is 9.90. The summed E-state index contributed by atoms with van der Waals surface area (Å²) >= 11 is 0. The average Bonchev–Trinajstić information content (AvgIpc) is 2.76. The smallest absolute Gasteiger partial charge is 0.373 e. The fourth-order valence-electron chi connectivity index (χ4n) is 2.11. The van der Waals surface area contributed by atoms with E-state index in [0.717, 1.165) is 19.4 Å². The van der Waals surface area contributed by atoms with Crippen molar-refractivity contribution >= 4 is 5.97 Å². The summed E-state index contributed by atoms with van der Waals surface area (Å²) in [4.78, 5) is 11.2. The number of hydrogen-bond donors (Lipinski definition) is 2. The van der Waals surface area contributed by atoms with Crippen molar-refractivity contribution in [2.75, 3.05) is 20.2 Å². The molecule has 0 aliphatic carbocycles. The van der Waals surface area contributed by atoms with Gasteiger partial charge in [-0.25, -0.2) is 4.79 Å². The van der Waals surface area contributed by atoms with Crippen LogP contribution in [0.1, 0.15) is 29.2 Å². The van der Waals surface area contributed by atoms with Gasteiger partial charge >= 0.3 is 5.97 Å². The minimum atomic E-state index is -0.774. The van der Waals surface area contributed by atoms with Gasteiger partial charge in [-0.15, -0.1) is 0 Å². The Balaban J connectivity index is 2.03. The molecule has 1 aromatic heterocycles. The highest BCUT2D eigenvalue weighted by molar-refractivity contribution is 5.86. The summed E-state index contributed by atoms with van der Waals surface area (Å²) in [5.74, 6) is 0.288. The van der Waals surface area contributed by atoms with Crippen molar-refractivity contribution in [3.05, 3.63) is 23.7 Å². The van der Waals surface area contributed by atoms with E-state index < -0.39 is 11.6 Å². The molecule has 1 saturated heterocycles. The first kappa shape index (κ1) is 12.1. The van der Waals surface area contributed by atoms with E-state index in [9.17, 15) is 9.90 Å². The van der Waals surface area contributed by atoms with Gasteiger partial charge in [0.2, 0.25) is 5.76 Å². The molecule has 0 amide bonds. The Hall–Kier alpha value is -1.33. The lowest BCUT2D eigenvalue weighted by Gasteiger charge is -2.31. The average molecular weight is 239 g/mol. The van der Waals surface area contributed by atoms with E-state index in [4.69, 9.17) is 4.42 Å². The van der Waals surface area contributed by atoms with Gasteiger partial charge in [-0.3, -0.25) is 0 Å². The SMILES string of the molecule is COC(=O)c1ccc(CC2(O)CCCNC2)o1. The second-order valence-electron chi connectivity index (χ2n) is 4.44. The Morgan fingerprint density at radius 3 is 3.12 bits per heavy atom. The number of nitrogens with one attached hydrogen (secondary N) is 1. The Kier molecular flexibility index (Phi) is 3.49. The topological polar surface area (TPSA) is 71.7 Å². The predicted molar refractivity (Wildman–Crippen MR) is 60.8 cm³/mol. The molecule has 2 rings (SSSR count). The minimum Gasteiger partial charge on any atom is -0.463 e. The molecule has 1 aromatic rings. The normalized spacial score (nSPS) is 24.6. The first-order valence-corrected chi connectivity index (χ1v) is 5.73. The van der Waals surface area contributed by atoms with Crippen LogP contribution < -0.4 is 5.32 Å². The summed E-state index contributed by atoms with van der Waals surface area (Å²) in [5.41, 5.74) is -0.774. The number of rotatable bonds is 3. The molecule has 0 spiro atoms. The van der Waals surface area contributed by atoms with Crippen molar-refractivity contribution in [3.63, 3.8) is 0 Å². The number of aliphatic hydroxyl groups is 1. The number of carbonyl (C=O) groups excluding carboxylic acids is 1. The third kappa shape index (κ3) is 2.87. The number of hydrogen-bond acceptors (Lipinski definition) is 5. The quantitative estimate of drug-likeness (QED) is 0.761. The van der Waals surface area contributed by atoms with Crippen LogP contribution in [0.3, 0.4) is 0 Å². The van der Waals surface area contributed by atoms with Crippen LogP contribution in [0.15, 0.2) is 16.5 Å². The molecule has 2 N–H and O–H groups in total. The molecule has 17 heavy (non-hydrogen) atoms.